The van der Waals surface area contributed by atoms with Crippen molar-refractivity contribution >= 4 is 33.4 Å². The number of aryl methyl sites for hydroxylation is 1. The van der Waals surface area contributed by atoms with Gasteiger partial charge in [0, 0.05) is 36.9 Å². The Morgan fingerprint density at radius 1 is 1.29 bits per heavy atom. The highest BCUT2D eigenvalue weighted by Crippen LogP contribution is 2.46. The molecule has 34 heavy (non-hydrogen) atoms. The highest BCUT2D eigenvalue weighted by Gasteiger charge is 2.52. The summed E-state index contributed by atoms with van der Waals surface area (Å²) in [5.74, 6) is 1.68. The lowest BCUT2D eigenvalue weighted by atomic mass is 9.76. The minimum atomic E-state index is -0.342. The first kappa shape index (κ1) is 21.0. The lowest BCUT2D eigenvalue weighted by Gasteiger charge is -2.41. The van der Waals surface area contributed by atoms with E-state index in [-0.39, 0.29) is 23.2 Å². The molecule has 1 spiro atoms. The first-order chi connectivity index (χ1) is 16.5. The highest BCUT2D eigenvalue weighted by atomic mass is 19.1. The first-order valence-corrected chi connectivity index (χ1v) is 11.2. The van der Waals surface area contributed by atoms with Crippen LogP contribution in [-0.2, 0) is 4.74 Å². The fourth-order valence-electron chi connectivity index (χ4n) is 5.05. The number of fused-ring (bicyclic) bond motifs is 3. The number of hydrogen-bond donors (Lipinski definition) is 3. The van der Waals surface area contributed by atoms with Gasteiger partial charge >= 0.3 is 6.01 Å². The molecule has 2 saturated heterocycles. The largest absolute Gasteiger partial charge is 0.421 e. The summed E-state index contributed by atoms with van der Waals surface area (Å²) in [5, 5.41) is 4.50. The summed E-state index contributed by atoms with van der Waals surface area (Å²) in [5.41, 5.74) is 8.08. The van der Waals surface area contributed by atoms with E-state index in [1.54, 1.807) is 26.4 Å². The molecule has 11 heteroatoms. The van der Waals surface area contributed by atoms with Crippen LogP contribution >= 0.6 is 0 Å². The number of aromatic amines is 1. The normalized spacial score (nSPS) is 19.2. The zero-order valence-electron chi connectivity index (χ0n) is 18.9. The van der Waals surface area contributed by atoms with Crippen LogP contribution in [0.4, 0.5) is 15.9 Å². The van der Waals surface area contributed by atoms with Crippen LogP contribution in [-0.4, -0.2) is 64.8 Å². The van der Waals surface area contributed by atoms with Crippen molar-refractivity contribution in [3.8, 4) is 11.8 Å². The highest BCUT2D eigenvalue weighted by molar-refractivity contribution is 6.14. The van der Waals surface area contributed by atoms with Gasteiger partial charge in [0.25, 0.3) is 0 Å². The number of H-pyrrole nitrogens is 1. The number of nitrogens with zero attached hydrogens (tertiary/aromatic N) is 5. The van der Waals surface area contributed by atoms with E-state index in [0.29, 0.717) is 53.9 Å². The maximum absolute atomic E-state index is 14.5. The van der Waals surface area contributed by atoms with E-state index in [0.717, 1.165) is 24.0 Å². The molecule has 0 aliphatic carbocycles. The van der Waals surface area contributed by atoms with E-state index < -0.39 is 0 Å². The molecule has 1 aromatic carbocycles. The van der Waals surface area contributed by atoms with Crippen molar-refractivity contribution in [2.24, 2.45) is 17.1 Å². The molecule has 10 nitrogen and oxygen atoms in total. The topological polar surface area (TPSA) is 127 Å². The van der Waals surface area contributed by atoms with Crippen LogP contribution in [0.5, 0.6) is 11.8 Å². The predicted octanol–water partition coefficient (Wildman–Crippen LogP) is 2.59. The van der Waals surface area contributed by atoms with E-state index in [2.05, 4.69) is 30.2 Å². The van der Waals surface area contributed by atoms with E-state index in [4.69, 9.17) is 20.2 Å². The Morgan fingerprint density at radius 3 is 2.74 bits per heavy atom. The Labute approximate surface area is 194 Å². The predicted molar refractivity (Wildman–Crippen MR) is 126 cm³/mol. The molecule has 2 fully saturated rings. The van der Waals surface area contributed by atoms with E-state index in [1.807, 2.05) is 0 Å². The minimum absolute atomic E-state index is 0.00529. The Hall–Kier alpha value is -3.57. The molecular formula is C23H25FN8O2. The van der Waals surface area contributed by atoms with E-state index in [1.165, 1.54) is 12.1 Å². The summed E-state index contributed by atoms with van der Waals surface area (Å²) in [7, 11) is 1.75. The quantitative estimate of drug-likeness (QED) is 0.408. The fraction of sp³-hybridized carbons (Fsp3) is 0.391. The van der Waals surface area contributed by atoms with Gasteiger partial charge in [-0.25, -0.2) is 14.4 Å². The van der Waals surface area contributed by atoms with Crippen molar-refractivity contribution in [3.05, 3.63) is 36.2 Å². The number of ether oxygens (including phenoxy) is 2. The van der Waals surface area contributed by atoms with Gasteiger partial charge in [0.2, 0.25) is 0 Å². The van der Waals surface area contributed by atoms with Crippen LogP contribution in [0.1, 0.15) is 5.82 Å². The van der Waals surface area contributed by atoms with Gasteiger partial charge in [-0.15, -0.1) is 0 Å². The Morgan fingerprint density at radius 2 is 2.09 bits per heavy atom. The second-order valence-electron chi connectivity index (χ2n) is 9.04. The summed E-state index contributed by atoms with van der Waals surface area (Å²) >= 11 is 0. The molecule has 4 N–H and O–H groups in total. The summed E-state index contributed by atoms with van der Waals surface area (Å²) in [6, 6.07) is 3.12. The maximum atomic E-state index is 14.5. The first-order valence-electron chi connectivity index (χ1n) is 11.2. The van der Waals surface area contributed by atoms with E-state index in [9.17, 15) is 4.39 Å². The number of benzene rings is 1. The average molecular weight is 465 g/mol. The molecule has 0 bridgehead atoms. The second kappa shape index (κ2) is 7.74. The molecule has 2 aliphatic rings. The van der Waals surface area contributed by atoms with Crippen LogP contribution in [0.25, 0.3) is 21.9 Å². The molecule has 4 aromatic rings. The molecule has 0 amide bonds. The van der Waals surface area contributed by atoms with Gasteiger partial charge in [0.15, 0.2) is 5.75 Å². The van der Waals surface area contributed by atoms with Gasteiger partial charge in [-0.1, -0.05) is 0 Å². The Balaban J connectivity index is 1.53. The van der Waals surface area contributed by atoms with Crippen LogP contribution in [0.2, 0.25) is 0 Å². The SMILES string of the molecule is CNc1cc(F)cc2c1[nH]c1nc(Oc3cnc(C)nc3)nc(N3CC(CN)C4(COC4)C3)c12. The summed E-state index contributed by atoms with van der Waals surface area (Å²) in [6.07, 6.45) is 3.16. The van der Waals surface area contributed by atoms with Crippen molar-refractivity contribution in [2.75, 3.05) is 50.1 Å². The van der Waals surface area contributed by atoms with Gasteiger partial charge in [-0.2, -0.15) is 9.97 Å². The number of halogens is 1. The van der Waals surface area contributed by atoms with E-state index >= 15 is 0 Å². The van der Waals surface area contributed by atoms with Gasteiger partial charge in [-0.05, 0) is 25.6 Å². The number of rotatable bonds is 5. The summed E-state index contributed by atoms with van der Waals surface area (Å²) in [4.78, 5) is 23.3. The molecule has 6 rings (SSSR count). The Bertz CT molecular complexity index is 1390. The van der Waals surface area contributed by atoms with Gasteiger partial charge in [-0.3, -0.25) is 0 Å². The monoisotopic (exact) mass is 464 g/mol. The Kier molecular flexibility index (Phi) is 4.78. The van der Waals surface area contributed by atoms with Crippen molar-refractivity contribution in [3.63, 3.8) is 0 Å². The zero-order chi connectivity index (χ0) is 23.4. The van der Waals surface area contributed by atoms with Crippen LogP contribution in [0.15, 0.2) is 24.5 Å². The number of anilines is 2. The molecule has 2 aliphatic heterocycles. The molecule has 0 radical (unpaired) electrons. The molecule has 5 heterocycles. The van der Waals surface area contributed by atoms with Crippen LogP contribution < -0.4 is 20.7 Å². The fourth-order valence-corrected chi connectivity index (χ4v) is 5.05. The maximum Gasteiger partial charge on any atom is 0.326 e. The molecule has 1 atom stereocenters. The number of hydrogen-bond acceptors (Lipinski definition) is 9. The van der Waals surface area contributed by atoms with Crippen molar-refractivity contribution in [2.45, 2.75) is 6.92 Å². The van der Waals surface area contributed by atoms with Gasteiger partial charge in [0.1, 0.15) is 23.1 Å². The number of aromatic nitrogens is 5. The van der Waals surface area contributed by atoms with Crippen molar-refractivity contribution in [1.82, 2.24) is 24.9 Å². The third-order valence-corrected chi connectivity index (χ3v) is 6.90. The number of nitrogens with one attached hydrogen (secondary N) is 2. The average Bonchev–Trinajstić information content (AvgIpc) is 3.38. The van der Waals surface area contributed by atoms with Crippen molar-refractivity contribution < 1.29 is 13.9 Å². The summed E-state index contributed by atoms with van der Waals surface area (Å²) in [6.45, 7) is 5.18. The standard InChI is InChI=1S/C23H25FN8O2/c1-12-27-6-15(7-28-12)34-22-30-20-18(16-3-14(24)4-17(26-2)19(16)29-20)21(31-22)32-8-13(5-25)23(9-32)10-33-11-23/h3-4,6-7,13,26H,5,8-11,25H2,1-2H3,(H,29,30,31). The minimum Gasteiger partial charge on any atom is -0.421 e. The zero-order valence-corrected chi connectivity index (χ0v) is 18.9. The lowest BCUT2D eigenvalue weighted by Crippen LogP contribution is -2.50. The molecule has 3 aromatic heterocycles. The van der Waals surface area contributed by atoms with Gasteiger partial charge < -0.3 is 30.4 Å². The van der Waals surface area contributed by atoms with Crippen molar-refractivity contribution in [1.29, 1.82) is 0 Å². The third-order valence-electron chi connectivity index (χ3n) is 6.90. The van der Waals surface area contributed by atoms with Crippen LogP contribution in [0.3, 0.4) is 0 Å². The smallest absolute Gasteiger partial charge is 0.326 e. The second-order valence-corrected chi connectivity index (χ2v) is 9.04. The number of nitrogens with two attached hydrogens (primary N) is 1. The molecular weight excluding hydrogens is 439 g/mol. The lowest BCUT2D eigenvalue weighted by molar-refractivity contribution is -0.121. The van der Waals surface area contributed by atoms with Crippen LogP contribution in [0, 0.1) is 24.1 Å². The van der Waals surface area contributed by atoms with Gasteiger partial charge in [0.05, 0.1) is 42.2 Å². The summed E-state index contributed by atoms with van der Waals surface area (Å²) < 4.78 is 26.0. The molecule has 0 saturated carbocycles. The molecule has 176 valence electrons. The third kappa shape index (κ3) is 3.23. The molecule has 1 unspecified atom stereocenters.